The number of hydrogen-bond acceptors (Lipinski definition) is 35. The van der Waals surface area contributed by atoms with Gasteiger partial charge in [-0.3, -0.25) is 0 Å². The zero-order valence-electron chi connectivity index (χ0n) is 61.2. The molecular weight excluding hydrogens is 1460 g/mol. The molecule has 110 heavy (non-hydrogen) atoms. The SMILES string of the molecule is O=C(C=CC1CCC(O)CC1)OC[C@H]1O[C@@H](OC2CC(O)C3CC(O[C@@H]4O[C@H](COC(=O)C=CC5CCC(O)CC5)[C@@H](O)[C@H](O)[C@H]4O)C(C4CC(O[C@@H]5O[C@H](COC(=O)C=CC6CCC(O)CC6)[C@@H](O)[C@H](O)[C@H]5O)C(O)C(O[C@@H]5O[C@H](COC(=O)C=CC6CCC(O)CC6)[C@@H](O)[C@H](O)[C@H]5O)C4)OC3C2)[C@H](O)[C@@H](O)[C@@H]1O. The molecule has 35 heteroatoms. The Labute approximate surface area is 635 Å². The summed E-state index contributed by atoms with van der Waals surface area (Å²) in [6, 6.07) is 0. The van der Waals surface area contributed by atoms with E-state index in [2.05, 4.69) is 0 Å². The van der Waals surface area contributed by atoms with Crippen LogP contribution in [0.3, 0.4) is 0 Å². The van der Waals surface area contributed by atoms with Gasteiger partial charge in [0.15, 0.2) is 25.2 Å². The quantitative estimate of drug-likeness (QED) is 0.0236. The number of allylic oxidation sites excluding steroid dienone is 4. The van der Waals surface area contributed by atoms with Crippen molar-refractivity contribution in [3.63, 3.8) is 0 Å². The summed E-state index contributed by atoms with van der Waals surface area (Å²) >= 11 is 0. The smallest absolute Gasteiger partial charge is 0.330 e. The molecule has 28 atom stereocenters. The van der Waals surface area contributed by atoms with E-state index >= 15 is 0 Å². The average Bonchev–Trinajstić information content (AvgIpc) is 0.758. The summed E-state index contributed by atoms with van der Waals surface area (Å²) < 4.78 is 78.7. The number of carbonyl (C=O) groups is 4. The van der Waals surface area contributed by atoms with Gasteiger partial charge in [-0.25, -0.2) is 19.2 Å². The van der Waals surface area contributed by atoms with Gasteiger partial charge in [0, 0.05) is 43.1 Å². The minimum absolute atomic E-state index is 0.0133. The first-order chi connectivity index (χ1) is 52.5. The topological polar surface area (TPSA) is 552 Å². The van der Waals surface area contributed by atoms with E-state index in [1.165, 1.54) is 24.3 Å². The fourth-order valence-electron chi connectivity index (χ4n) is 17.0. The molecule has 0 radical (unpaired) electrons. The van der Waals surface area contributed by atoms with Crippen molar-refractivity contribution < 1.29 is 173 Å². The zero-order chi connectivity index (χ0) is 78.8. The standard InChI is InChI=1S/C75H114O35/c76-39-13-1-34(2-14-39)9-21-54(81)98-30-50-59(86)63(90)67(94)72(107-50)102-43-27-45(80)44-29-49(106-75-70(97)66(93)62(89)53(110-75)33-101-57(84)24-12-37-7-19-42(79)20-8-37)71(103-46(44)28-43)38-25-47(104-73-68(95)64(91)60(87)51(108-73)31-99-55(82)22-10-35-3-15-40(77)16-4-35)58(85)48(26-38)105-74-69(96)65(92)61(88)52(109-74)32-100-56(83)23-11-36-5-17-41(78)18-6-36/h9-12,21-24,34-53,58-80,85-97H,1-8,13-20,25-33H2/t34?,35?,36?,37?,38?,39?,40?,41?,42?,43?,44?,45?,46?,47?,48?,49?,50-,51-,52-,53-,58?,59-,60-,61-,62-,63+,64+,65+,66+,67-,68-,69-,70-,71?,72-,73-,74-,75-/m1/s1. The Hall–Kier alpha value is -4.24. The van der Waals surface area contributed by atoms with Gasteiger partial charge in [0.25, 0.3) is 0 Å². The molecule has 0 aromatic rings. The summed E-state index contributed by atoms with van der Waals surface area (Å²) in [5.74, 6) is -5.50. The maximum Gasteiger partial charge on any atom is 0.330 e. The van der Waals surface area contributed by atoms with Gasteiger partial charge < -0.3 is 153 Å². The molecule has 0 bridgehead atoms. The first-order valence-corrected chi connectivity index (χ1v) is 39.1. The van der Waals surface area contributed by atoms with Gasteiger partial charge in [0.05, 0.1) is 67.1 Å². The number of aliphatic hydroxyl groups is 18. The van der Waals surface area contributed by atoms with Crippen molar-refractivity contribution in [2.45, 2.75) is 331 Å². The number of fused-ring (bicyclic) bond motifs is 1. The molecule has 8 unspecified atom stereocenters. The molecule has 0 spiro atoms. The minimum atomic E-state index is -2.10. The van der Waals surface area contributed by atoms with Gasteiger partial charge in [-0.1, -0.05) is 24.3 Å². The zero-order valence-corrected chi connectivity index (χ0v) is 61.2. The van der Waals surface area contributed by atoms with Crippen molar-refractivity contribution in [3.8, 4) is 0 Å². The van der Waals surface area contributed by atoms with E-state index in [9.17, 15) is 111 Å². The Bertz CT molecular complexity index is 2930. The van der Waals surface area contributed by atoms with Crippen LogP contribution in [-0.4, -0.2) is 338 Å². The maximum absolute atomic E-state index is 13.1. The van der Waals surface area contributed by atoms with Crippen molar-refractivity contribution in [2.24, 2.45) is 35.5 Å². The summed E-state index contributed by atoms with van der Waals surface area (Å²) in [5, 5.41) is 201. The largest absolute Gasteiger partial charge is 0.460 e. The molecule has 5 saturated heterocycles. The highest BCUT2D eigenvalue weighted by molar-refractivity contribution is 5.83. The average molecular weight is 1580 g/mol. The lowest BCUT2D eigenvalue weighted by Gasteiger charge is -2.53. The molecule has 11 aliphatic rings. The molecule has 5 aliphatic heterocycles. The third-order valence-electron chi connectivity index (χ3n) is 23.9. The predicted molar refractivity (Wildman–Crippen MR) is 369 cm³/mol. The van der Waals surface area contributed by atoms with Gasteiger partial charge in [0.2, 0.25) is 0 Å². The van der Waals surface area contributed by atoms with Crippen molar-refractivity contribution in [1.29, 1.82) is 0 Å². The van der Waals surface area contributed by atoms with Crippen LogP contribution < -0.4 is 0 Å². The highest BCUT2D eigenvalue weighted by Crippen LogP contribution is 2.47. The molecule has 5 heterocycles. The second-order valence-corrected chi connectivity index (χ2v) is 31.9. The Morgan fingerprint density at radius 2 is 0.573 bits per heavy atom. The lowest BCUT2D eigenvalue weighted by atomic mass is 9.72. The van der Waals surface area contributed by atoms with E-state index in [0.29, 0.717) is 103 Å². The van der Waals surface area contributed by atoms with E-state index < -0.39 is 258 Å². The lowest BCUT2D eigenvalue weighted by Crippen LogP contribution is -2.64. The van der Waals surface area contributed by atoms with Crippen molar-refractivity contribution in [3.05, 3.63) is 48.6 Å². The molecule has 11 rings (SSSR count). The summed E-state index contributed by atoms with van der Waals surface area (Å²) in [7, 11) is 0. The van der Waals surface area contributed by atoms with Crippen LogP contribution in [0.4, 0.5) is 0 Å². The molecule has 18 N–H and O–H groups in total. The fraction of sp³-hybridized carbons (Fsp3) is 0.840. The molecule has 624 valence electrons. The second kappa shape index (κ2) is 40.1. The molecule has 35 nitrogen and oxygen atoms in total. The molecule has 0 aromatic heterocycles. The maximum atomic E-state index is 13.1. The van der Waals surface area contributed by atoms with Crippen LogP contribution >= 0.6 is 0 Å². The second-order valence-electron chi connectivity index (χ2n) is 31.9. The Morgan fingerprint density at radius 1 is 0.291 bits per heavy atom. The highest BCUT2D eigenvalue weighted by atomic mass is 16.7. The molecule has 6 aliphatic carbocycles. The molecular formula is C75H114O35. The lowest BCUT2D eigenvalue weighted by molar-refractivity contribution is -0.351. The summed E-state index contributed by atoms with van der Waals surface area (Å²) in [4.78, 5) is 52.2. The van der Waals surface area contributed by atoms with Crippen LogP contribution in [0.2, 0.25) is 0 Å². The number of hydrogen-bond donors (Lipinski definition) is 18. The van der Waals surface area contributed by atoms with Crippen LogP contribution in [0.15, 0.2) is 48.6 Å². The Kier molecular flexibility index (Phi) is 31.6. The number of esters is 4. The van der Waals surface area contributed by atoms with E-state index in [1.807, 2.05) is 0 Å². The molecule has 0 aromatic carbocycles. The number of aliphatic hydroxyl groups excluding tert-OH is 18. The number of rotatable bonds is 25. The first kappa shape index (κ1) is 86.6. The summed E-state index contributed by atoms with van der Waals surface area (Å²) in [5.41, 5.74) is 0. The van der Waals surface area contributed by atoms with E-state index in [1.54, 1.807) is 24.3 Å². The summed E-state index contributed by atoms with van der Waals surface area (Å²) in [6.07, 6.45) is -31.6. The Balaban J connectivity index is 0.859. The number of ether oxygens (including phenoxy) is 13. The third-order valence-corrected chi connectivity index (χ3v) is 23.9. The molecule has 6 saturated carbocycles. The van der Waals surface area contributed by atoms with Gasteiger partial charge >= 0.3 is 23.9 Å². The van der Waals surface area contributed by atoms with Crippen molar-refractivity contribution in [1.82, 2.24) is 0 Å². The monoisotopic (exact) mass is 1570 g/mol. The normalized spacial score (nSPS) is 46.5. The van der Waals surface area contributed by atoms with Crippen LogP contribution in [0.5, 0.6) is 0 Å². The van der Waals surface area contributed by atoms with E-state index in [-0.39, 0.29) is 55.8 Å². The van der Waals surface area contributed by atoms with Crippen molar-refractivity contribution in [2.75, 3.05) is 26.4 Å². The molecule has 11 fully saturated rings. The predicted octanol–water partition coefficient (Wildman–Crippen LogP) is -3.94. The van der Waals surface area contributed by atoms with E-state index in [4.69, 9.17) is 61.6 Å². The third kappa shape index (κ3) is 22.7. The van der Waals surface area contributed by atoms with Crippen LogP contribution in [0, 0.1) is 35.5 Å². The first-order valence-electron chi connectivity index (χ1n) is 39.1. The molecule has 0 amide bonds. The Morgan fingerprint density at radius 3 is 0.873 bits per heavy atom. The van der Waals surface area contributed by atoms with Crippen LogP contribution in [-0.2, 0) is 80.8 Å². The van der Waals surface area contributed by atoms with E-state index in [0.717, 1.165) is 0 Å². The highest BCUT2D eigenvalue weighted by Gasteiger charge is 2.57. The summed E-state index contributed by atoms with van der Waals surface area (Å²) in [6.45, 7) is -2.70. The number of carbonyl (C=O) groups excluding carboxylic acids is 4. The van der Waals surface area contributed by atoms with Gasteiger partial charge in [-0.05, 0) is 152 Å². The van der Waals surface area contributed by atoms with Gasteiger partial charge in [-0.2, -0.15) is 0 Å². The van der Waals surface area contributed by atoms with Crippen LogP contribution in [0.25, 0.3) is 0 Å². The van der Waals surface area contributed by atoms with Gasteiger partial charge in [0.1, 0.15) is 130 Å². The fourth-order valence-corrected chi connectivity index (χ4v) is 17.0. The minimum Gasteiger partial charge on any atom is -0.460 e. The van der Waals surface area contributed by atoms with Crippen molar-refractivity contribution >= 4 is 23.9 Å². The van der Waals surface area contributed by atoms with Crippen LogP contribution in [0.1, 0.15) is 135 Å². The van der Waals surface area contributed by atoms with Gasteiger partial charge in [-0.15, -0.1) is 0 Å².